The molecule has 3 aromatic rings. The average molecular weight is 556 g/mol. The van der Waals surface area contributed by atoms with Crippen LogP contribution in [0.15, 0.2) is 48.8 Å². The van der Waals surface area contributed by atoms with Gasteiger partial charge in [0.25, 0.3) is 11.8 Å². The summed E-state index contributed by atoms with van der Waals surface area (Å²) < 4.78 is 39.5. The van der Waals surface area contributed by atoms with Crippen LogP contribution in [0.1, 0.15) is 36.0 Å². The van der Waals surface area contributed by atoms with E-state index < -0.39 is 36.8 Å². The maximum atomic E-state index is 13.9. The molecule has 3 amide bonds. The molecule has 0 radical (unpaired) electrons. The van der Waals surface area contributed by atoms with Crippen molar-refractivity contribution in [1.82, 2.24) is 29.9 Å². The molecule has 2 saturated heterocycles. The predicted octanol–water partition coefficient (Wildman–Crippen LogP) is 2.79. The van der Waals surface area contributed by atoms with Crippen molar-refractivity contribution in [3.8, 4) is 0 Å². The second-order valence-corrected chi connectivity index (χ2v) is 10.6. The van der Waals surface area contributed by atoms with E-state index in [9.17, 15) is 27.6 Å². The fourth-order valence-corrected chi connectivity index (χ4v) is 5.79. The van der Waals surface area contributed by atoms with E-state index in [1.54, 1.807) is 17.2 Å². The van der Waals surface area contributed by atoms with Crippen molar-refractivity contribution >= 4 is 34.4 Å². The molecule has 4 heterocycles. The maximum absolute atomic E-state index is 13.9. The van der Waals surface area contributed by atoms with E-state index in [1.807, 2.05) is 35.2 Å². The number of amides is 3. The molecule has 10 nitrogen and oxygen atoms in total. The van der Waals surface area contributed by atoms with Gasteiger partial charge in [0.1, 0.15) is 18.6 Å². The minimum Gasteiger partial charge on any atom is -0.339 e. The zero-order valence-electron chi connectivity index (χ0n) is 21.6. The average Bonchev–Trinajstić information content (AvgIpc) is 3.63. The Hall–Kier alpha value is -4.16. The number of aromatic nitrogens is 3. The zero-order chi connectivity index (χ0) is 28.1. The van der Waals surface area contributed by atoms with Crippen LogP contribution in [-0.4, -0.2) is 98.2 Å². The molecule has 210 valence electrons. The summed E-state index contributed by atoms with van der Waals surface area (Å²) in [7, 11) is 0. The van der Waals surface area contributed by atoms with Crippen LogP contribution in [0.4, 0.5) is 18.9 Å². The fourth-order valence-electron chi connectivity index (χ4n) is 5.79. The second-order valence-electron chi connectivity index (χ2n) is 10.6. The Labute approximate surface area is 227 Å². The number of carbonyl (C=O) groups excluding carboxylic acids is 3. The van der Waals surface area contributed by atoms with Gasteiger partial charge in [0.2, 0.25) is 5.91 Å². The summed E-state index contributed by atoms with van der Waals surface area (Å²) in [5.41, 5.74) is 0.753. The smallest absolute Gasteiger partial charge is 0.339 e. The van der Waals surface area contributed by atoms with Crippen LogP contribution in [0.2, 0.25) is 0 Å². The number of alkyl halides is 3. The first-order valence-corrected chi connectivity index (χ1v) is 13.2. The quantitative estimate of drug-likeness (QED) is 0.502. The number of anilines is 1. The Morgan fingerprint density at radius 2 is 1.82 bits per heavy atom. The topological polar surface area (TPSA) is 106 Å². The number of halogens is 3. The summed E-state index contributed by atoms with van der Waals surface area (Å²) in [6.45, 7) is -1.07. The minimum atomic E-state index is -4.51. The molecule has 3 fully saturated rings. The van der Waals surface area contributed by atoms with Crippen LogP contribution in [0, 0.1) is 0 Å². The molecule has 0 atom stereocenters. The number of para-hydroxylation sites is 1. The van der Waals surface area contributed by atoms with Crippen LogP contribution in [0.3, 0.4) is 0 Å². The second kappa shape index (κ2) is 9.79. The summed E-state index contributed by atoms with van der Waals surface area (Å²) in [4.78, 5) is 50.3. The Bertz CT molecular complexity index is 1430. The Morgan fingerprint density at radius 1 is 1.10 bits per heavy atom. The third-order valence-electron chi connectivity index (χ3n) is 7.98. The molecule has 0 bridgehead atoms. The van der Waals surface area contributed by atoms with Gasteiger partial charge in [-0.05, 0) is 43.9 Å². The van der Waals surface area contributed by atoms with Crippen molar-refractivity contribution < 1.29 is 27.6 Å². The highest BCUT2D eigenvalue weighted by Gasteiger charge is 2.55. The van der Waals surface area contributed by atoms with Crippen molar-refractivity contribution in [2.75, 3.05) is 37.7 Å². The van der Waals surface area contributed by atoms with Crippen LogP contribution in [-0.2, 0) is 9.59 Å². The molecule has 40 heavy (non-hydrogen) atoms. The highest BCUT2D eigenvalue weighted by atomic mass is 19.4. The number of fused-ring (bicyclic) bond motifs is 1. The number of piperidine rings is 1. The number of aromatic amines is 1. The molecule has 1 saturated carbocycles. The largest absolute Gasteiger partial charge is 0.406 e. The molecular weight excluding hydrogens is 527 g/mol. The normalized spacial score (nSPS) is 19.1. The summed E-state index contributed by atoms with van der Waals surface area (Å²) in [6.07, 6.45) is 0.256. The molecule has 1 N–H and O–H groups in total. The van der Waals surface area contributed by atoms with Gasteiger partial charge >= 0.3 is 6.18 Å². The molecule has 3 aliphatic rings. The minimum absolute atomic E-state index is 0.0775. The van der Waals surface area contributed by atoms with E-state index in [0.717, 1.165) is 10.6 Å². The van der Waals surface area contributed by atoms with Crippen molar-refractivity contribution in [2.24, 2.45) is 0 Å². The molecule has 6 rings (SSSR count). The lowest BCUT2D eigenvalue weighted by Crippen LogP contribution is -2.57. The van der Waals surface area contributed by atoms with Crippen LogP contribution in [0.25, 0.3) is 11.0 Å². The molecule has 2 aliphatic heterocycles. The van der Waals surface area contributed by atoms with Gasteiger partial charge in [-0.25, -0.2) is 4.98 Å². The van der Waals surface area contributed by atoms with Gasteiger partial charge in [-0.3, -0.25) is 19.5 Å². The van der Waals surface area contributed by atoms with Crippen molar-refractivity contribution in [3.05, 3.63) is 54.4 Å². The molecule has 1 spiro atoms. The molecule has 2 aromatic heterocycles. The van der Waals surface area contributed by atoms with Crippen LogP contribution < -0.4 is 4.90 Å². The first-order chi connectivity index (χ1) is 19.1. The third kappa shape index (κ3) is 4.84. The summed E-state index contributed by atoms with van der Waals surface area (Å²) >= 11 is 0. The number of pyridine rings is 1. The monoisotopic (exact) mass is 555 g/mol. The van der Waals surface area contributed by atoms with Gasteiger partial charge in [-0.15, -0.1) is 0 Å². The first kappa shape index (κ1) is 26.1. The number of H-pyrrole nitrogens is 1. The summed E-state index contributed by atoms with van der Waals surface area (Å²) in [6, 6.07) is 10.6. The molecule has 1 aliphatic carbocycles. The summed E-state index contributed by atoms with van der Waals surface area (Å²) in [5, 5.41) is 7.40. The van der Waals surface area contributed by atoms with E-state index in [1.165, 1.54) is 11.1 Å². The lowest BCUT2D eigenvalue weighted by molar-refractivity contribution is -0.163. The Balaban J connectivity index is 1.21. The van der Waals surface area contributed by atoms with Gasteiger partial charge < -0.3 is 19.6 Å². The van der Waals surface area contributed by atoms with E-state index in [0.29, 0.717) is 55.4 Å². The lowest BCUT2D eigenvalue weighted by Gasteiger charge is -2.43. The van der Waals surface area contributed by atoms with Gasteiger partial charge in [0, 0.05) is 36.4 Å². The molecular formula is C27H28F3N7O3. The van der Waals surface area contributed by atoms with Crippen molar-refractivity contribution in [3.63, 3.8) is 0 Å². The third-order valence-corrected chi connectivity index (χ3v) is 7.98. The first-order valence-electron chi connectivity index (χ1n) is 13.2. The number of nitrogens with one attached hydrogen (secondary N) is 1. The number of hydrogen-bond acceptors (Lipinski definition) is 6. The number of nitrogens with zero attached hydrogens (tertiary/aromatic N) is 6. The highest BCUT2D eigenvalue weighted by Crippen LogP contribution is 2.40. The molecule has 13 heteroatoms. The van der Waals surface area contributed by atoms with Crippen molar-refractivity contribution in [2.45, 2.75) is 43.4 Å². The number of rotatable bonds is 6. The standard InChI is InChI=1S/C27H28F3N7O3/c28-27(29,30)16-36(20-6-7-20)22(38)15-35-17-37(21-4-2-1-3-5-21)26(25(35)40)8-10-34(11-9-26)24(39)19-12-18-14-32-33-23(18)31-13-19/h1-5,12-14,20H,6-11,15-17H2,(H,31,32,33). The summed E-state index contributed by atoms with van der Waals surface area (Å²) in [5.74, 6) is -1.21. The lowest BCUT2D eigenvalue weighted by atomic mass is 9.85. The Kier molecular flexibility index (Phi) is 6.38. The Morgan fingerprint density at radius 3 is 2.50 bits per heavy atom. The maximum Gasteiger partial charge on any atom is 0.406 e. The predicted molar refractivity (Wildman–Crippen MR) is 138 cm³/mol. The van der Waals surface area contributed by atoms with Gasteiger partial charge in [-0.2, -0.15) is 18.3 Å². The molecule has 0 unspecified atom stereocenters. The zero-order valence-corrected chi connectivity index (χ0v) is 21.6. The van der Waals surface area contributed by atoms with E-state index in [-0.39, 0.29) is 18.5 Å². The number of benzene rings is 1. The van der Waals surface area contributed by atoms with Crippen molar-refractivity contribution in [1.29, 1.82) is 0 Å². The number of hydrogen-bond donors (Lipinski definition) is 1. The van der Waals surface area contributed by atoms with Crippen LogP contribution in [0.5, 0.6) is 0 Å². The van der Waals surface area contributed by atoms with E-state index >= 15 is 0 Å². The van der Waals surface area contributed by atoms with E-state index in [4.69, 9.17) is 0 Å². The van der Waals surface area contributed by atoms with Gasteiger partial charge in [0.15, 0.2) is 5.65 Å². The SMILES string of the molecule is O=C(c1cnc2[nH]ncc2c1)N1CCC2(CC1)C(=O)N(CC(=O)N(CC(F)(F)F)C1CC1)CN2c1ccccc1. The van der Waals surface area contributed by atoms with Gasteiger partial charge in [0.05, 0.1) is 18.4 Å². The van der Waals surface area contributed by atoms with Crippen LogP contribution >= 0.6 is 0 Å². The number of carbonyl (C=O) groups is 3. The fraction of sp³-hybridized carbons (Fsp3) is 0.444. The highest BCUT2D eigenvalue weighted by molar-refractivity contribution is 5.98. The van der Waals surface area contributed by atoms with E-state index in [2.05, 4.69) is 15.2 Å². The van der Waals surface area contributed by atoms with Gasteiger partial charge in [-0.1, -0.05) is 18.2 Å². The number of likely N-dealkylation sites (tertiary alicyclic amines) is 1. The molecule has 1 aromatic carbocycles.